The van der Waals surface area contributed by atoms with Crippen molar-refractivity contribution in [2.75, 3.05) is 0 Å². The molecule has 0 amide bonds. The standard InChI is InChI=1S/C20H34O/c1-7-20(6,21)16-10-15-19(5)14-9-13-18(4)12-8-11-17(2)3/h1,11,15,18,21H,8-10,12-14,16H2,2-6H3/b19-15+. The van der Waals surface area contributed by atoms with Gasteiger partial charge in [-0.1, -0.05) is 42.6 Å². The zero-order valence-corrected chi connectivity index (χ0v) is 14.7. The highest BCUT2D eigenvalue weighted by atomic mass is 16.3. The lowest BCUT2D eigenvalue weighted by molar-refractivity contribution is 0.113. The van der Waals surface area contributed by atoms with Gasteiger partial charge in [0.25, 0.3) is 0 Å². The molecule has 120 valence electrons. The van der Waals surface area contributed by atoms with Crippen molar-refractivity contribution in [3.63, 3.8) is 0 Å². The highest BCUT2D eigenvalue weighted by molar-refractivity contribution is 5.06. The molecule has 1 heteroatoms. The summed E-state index contributed by atoms with van der Waals surface area (Å²) in [6, 6.07) is 0. The summed E-state index contributed by atoms with van der Waals surface area (Å²) in [5.41, 5.74) is 1.87. The summed E-state index contributed by atoms with van der Waals surface area (Å²) in [5, 5.41) is 9.74. The zero-order valence-electron chi connectivity index (χ0n) is 14.7. The van der Waals surface area contributed by atoms with E-state index in [1.165, 1.54) is 36.8 Å². The molecule has 0 aromatic rings. The first-order valence-electron chi connectivity index (χ1n) is 8.26. The van der Waals surface area contributed by atoms with Crippen LogP contribution in [0.3, 0.4) is 0 Å². The molecule has 0 rings (SSSR count). The fourth-order valence-electron chi connectivity index (χ4n) is 2.30. The van der Waals surface area contributed by atoms with E-state index in [0.29, 0.717) is 6.42 Å². The highest BCUT2D eigenvalue weighted by Gasteiger charge is 2.14. The summed E-state index contributed by atoms with van der Waals surface area (Å²) >= 11 is 0. The third kappa shape index (κ3) is 12.5. The number of terminal acetylenes is 1. The Morgan fingerprint density at radius 2 is 1.86 bits per heavy atom. The van der Waals surface area contributed by atoms with Gasteiger partial charge in [0.1, 0.15) is 5.60 Å². The van der Waals surface area contributed by atoms with Gasteiger partial charge >= 0.3 is 0 Å². The van der Waals surface area contributed by atoms with E-state index < -0.39 is 5.60 Å². The summed E-state index contributed by atoms with van der Waals surface area (Å²) in [6.07, 6.45) is 17.5. The third-order valence-corrected chi connectivity index (χ3v) is 3.91. The Morgan fingerprint density at radius 3 is 2.43 bits per heavy atom. The molecule has 0 spiro atoms. The lowest BCUT2D eigenvalue weighted by Gasteiger charge is -2.14. The Kier molecular flexibility index (Phi) is 10.2. The minimum absolute atomic E-state index is 0.639. The number of hydrogen-bond acceptors (Lipinski definition) is 1. The fraction of sp³-hybridized carbons (Fsp3) is 0.700. The van der Waals surface area contributed by atoms with Crippen LogP contribution in [0.2, 0.25) is 0 Å². The number of allylic oxidation sites excluding steroid dienone is 4. The molecule has 0 radical (unpaired) electrons. The van der Waals surface area contributed by atoms with Crippen molar-refractivity contribution in [1.29, 1.82) is 0 Å². The maximum atomic E-state index is 9.74. The second kappa shape index (κ2) is 10.7. The SMILES string of the molecule is C#CC(C)(O)CC/C=C(\C)CCCC(C)CCC=C(C)C. The van der Waals surface area contributed by atoms with E-state index in [9.17, 15) is 5.11 Å². The van der Waals surface area contributed by atoms with Gasteiger partial charge in [0.2, 0.25) is 0 Å². The maximum absolute atomic E-state index is 9.74. The number of hydrogen-bond donors (Lipinski definition) is 1. The van der Waals surface area contributed by atoms with Gasteiger partial charge in [-0.25, -0.2) is 0 Å². The quantitative estimate of drug-likeness (QED) is 0.407. The summed E-state index contributed by atoms with van der Waals surface area (Å²) in [5.74, 6) is 3.22. The van der Waals surface area contributed by atoms with E-state index in [1.807, 2.05) is 0 Å². The Bertz CT molecular complexity index is 375. The highest BCUT2D eigenvalue weighted by Crippen LogP contribution is 2.18. The van der Waals surface area contributed by atoms with Gasteiger partial charge in [0.05, 0.1) is 0 Å². The molecule has 0 aliphatic rings. The molecule has 0 saturated heterocycles. The molecule has 2 unspecified atom stereocenters. The first kappa shape index (κ1) is 20.0. The normalized spacial score (nSPS) is 16.0. The van der Waals surface area contributed by atoms with E-state index in [0.717, 1.165) is 18.8 Å². The van der Waals surface area contributed by atoms with Crippen LogP contribution in [-0.2, 0) is 0 Å². The van der Waals surface area contributed by atoms with Gasteiger partial charge in [0, 0.05) is 0 Å². The van der Waals surface area contributed by atoms with Crippen LogP contribution in [0.15, 0.2) is 23.3 Å². The van der Waals surface area contributed by atoms with Crippen molar-refractivity contribution < 1.29 is 5.11 Å². The molecule has 0 heterocycles. The molecule has 1 nitrogen and oxygen atoms in total. The van der Waals surface area contributed by atoms with Gasteiger partial charge in [-0.2, -0.15) is 0 Å². The summed E-state index contributed by atoms with van der Waals surface area (Å²) in [4.78, 5) is 0. The van der Waals surface area contributed by atoms with Crippen molar-refractivity contribution in [2.45, 2.75) is 85.2 Å². The van der Waals surface area contributed by atoms with Crippen LogP contribution in [0.1, 0.15) is 79.6 Å². The predicted octanol–water partition coefficient (Wildman–Crippen LogP) is 5.65. The van der Waals surface area contributed by atoms with E-state index in [1.54, 1.807) is 6.92 Å². The van der Waals surface area contributed by atoms with E-state index >= 15 is 0 Å². The van der Waals surface area contributed by atoms with Crippen LogP contribution in [-0.4, -0.2) is 10.7 Å². The monoisotopic (exact) mass is 290 g/mol. The van der Waals surface area contributed by atoms with Crippen molar-refractivity contribution in [1.82, 2.24) is 0 Å². The van der Waals surface area contributed by atoms with Crippen molar-refractivity contribution in [2.24, 2.45) is 5.92 Å². The smallest absolute Gasteiger partial charge is 0.122 e. The van der Waals surface area contributed by atoms with Gasteiger partial charge in [0.15, 0.2) is 0 Å². The summed E-state index contributed by atoms with van der Waals surface area (Å²) in [6.45, 7) is 10.6. The van der Waals surface area contributed by atoms with E-state index in [2.05, 4.69) is 45.8 Å². The first-order valence-corrected chi connectivity index (χ1v) is 8.26. The molecular formula is C20H34O. The summed E-state index contributed by atoms with van der Waals surface area (Å²) in [7, 11) is 0. The third-order valence-electron chi connectivity index (χ3n) is 3.91. The van der Waals surface area contributed by atoms with Crippen molar-refractivity contribution in [3.05, 3.63) is 23.3 Å². The minimum Gasteiger partial charge on any atom is -0.378 e. The fourth-order valence-corrected chi connectivity index (χ4v) is 2.30. The molecule has 0 saturated carbocycles. The molecule has 0 bridgehead atoms. The molecular weight excluding hydrogens is 256 g/mol. The Morgan fingerprint density at radius 1 is 1.19 bits per heavy atom. The van der Waals surface area contributed by atoms with Crippen molar-refractivity contribution >= 4 is 0 Å². The molecule has 21 heavy (non-hydrogen) atoms. The molecule has 0 aromatic heterocycles. The summed E-state index contributed by atoms with van der Waals surface area (Å²) < 4.78 is 0. The largest absolute Gasteiger partial charge is 0.378 e. The zero-order chi connectivity index (χ0) is 16.3. The Hall–Kier alpha value is -1.00. The van der Waals surface area contributed by atoms with Crippen LogP contribution in [0, 0.1) is 18.3 Å². The molecule has 0 fully saturated rings. The van der Waals surface area contributed by atoms with Crippen LogP contribution in [0.4, 0.5) is 0 Å². The Balaban J connectivity index is 3.81. The van der Waals surface area contributed by atoms with Gasteiger partial charge < -0.3 is 5.11 Å². The molecule has 0 aliphatic heterocycles. The topological polar surface area (TPSA) is 20.2 Å². The lowest BCUT2D eigenvalue weighted by Crippen LogP contribution is -2.20. The second-order valence-electron chi connectivity index (χ2n) is 6.86. The molecule has 1 N–H and O–H groups in total. The van der Waals surface area contributed by atoms with Gasteiger partial charge in [-0.05, 0) is 72.1 Å². The van der Waals surface area contributed by atoms with Crippen molar-refractivity contribution in [3.8, 4) is 12.3 Å². The number of rotatable bonds is 10. The average Bonchev–Trinajstić information content (AvgIpc) is 2.38. The van der Waals surface area contributed by atoms with Gasteiger partial charge in [-0.3, -0.25) is 0 Å². The van der Waals surface area contributed by atoms with E-state index in [4.69, 9.17) is 6.42 Å². The second-order valence-corrected chi connectivity index (χ2v) is 6.86. The lowest BCUT2D eigenvalue weighted by atomic mass is 9.96. The van der Waals surface area contributed by atoms with Crippen LogP contribution >= 0.6 is 0 Å². The van der Waals surface area contributed by atoms with Crippen LogP contribution < -0.4 is 0 Å². The predicted molar refractivity (Wildman–Crippen MR) is 94.1 cm³/mol. The first-order chi connectivity index (χ1) is 9.76. The maximum Gasteiger partial charge on any atom is 0.122 e. The van der Waals surface area contributed by atoms with Crippen LogP contribution in [0.25, 0.3) is 0 Å². The number of aliphatic hydroxyl groups is 1. The van der Waals surface area contributed by atoms with E-state index in [-0.39, 0.29) is 0 Å². The molecule has 0 aliphatic carbocycles. The molecule has 0 aromatic carbocycles. The Labute approximate surface area is 132 Å². The average molecular weight is 290 g/mol. The van der Waals surface area contributed by atoms with Gasteiger partial charge in [-0.15, -0.1) is 6.42 Å². The van der Waals surface area contributed by atoms with Crippen LogP contribution in [0.5, 0.6) is 0 Å². The molecule has 2 atom stereocenters. The minimum atomic E-state index is -0.962.